The molecule has 0 radical (unpaired) electrons. The van der Waals surface area contributed by atoms with Gasteiger partial charge in [-0.15, -0.1) is 10.2 Å². The Labute approximate surface area is 729 Å². The number of halogens is 16. The van der Waals surface area contributed by atoms with Crippen LogP contribution in [0.15, 0.2) is 179 Å². The molecule has 6 heterocycles. The number of sulfonamides is 3. The minimum atomic E-state index is -4.92. The molecule has 652 valence electrons. The number of pyridine rings is 3. The van der Waals surface area contributed by atoms with E-state index in [2.05, 4.69) is 50.1 Å². The lowest BCUT2D eigenvalue weighted by atomic mass is 10.2. The summed E-state index contributed by atoms with van der Waals surface area (Å²) >= 11 is 39.7. The lowest BCUT2D eigenvalue weighted by molar-refractivity contribution is -0.138. The summed E-state index contributed by atoms with van der Waals surface area (Å²) < 4.78 is 215. The van der Waals surface area contributed by atoms with Crippen molar-refractivity contribution in [1.82, 2.24) is 44.7 Å². The second-order valence-electron chi connectivity index (χ2n) is 27.4. The predicted molar refractivity (Wildman–Crippen MR) is 447 cm³/mol. The fraction of sp³-hybridized carbons (Fsp3) is 0.224. The maximum Gasteiger partial charge on any atom is 0.435 e. The number of para-hydroxylation sites is 3. The molecule has 0 atom stereocenters. The summed E-state index contributed by atoms with van der Waals surface area (Å²) in [6, 6.07) is 30.7. The number of alkyl halides is 9. The first-order valence-corrected chi connectivity index (χ1v) is 42.4. The van der Waals surface area contributed by atoms with Crippen LogP contribution in [0.5, 0.6) is 0 Å². The molecule has 12 aromatic rings. The average molecular weight is 1910 g/mol. The number of aromatic nitrogens is 9. The van der Waals surface area contributed by atoms with Crippen molar-refractivity contribution in [3.8, 4) is 0 Å². The highest BCUT2D eigenvalue weighted by atomic mass is 35.5. The molecule has 0 aliphatic carbocycles. The Morgan fingerprint density at radius 2 is 0.789 bits per heavy atom. The molecule has 0 saturated carbocycles. The van der Waals surface area contributed by atoms with Gasteiger partial charge in [-0.1, -0.05) is 106 Å². The van der Waals surface area contributed by atoms with Gasteiger partial charge in [0.1, 0.15) is 16.9 Å². The first-order chi connectivity index (χ1) is 57.2. The van der Waals surface area contributed by atoms with Crippen LogP contribution >= 0.6 is 81.2 Å². The Bertz CT molecular complexity index is 6430. The number of H-pyrrole nitrogens is 1. The van der Waals surface area contributed by atoms with E-state index < -0.39 is 153 Å². The molecule has 6 aromatic carbocycles. The molecule has 6 aromatic heterocycles. The number of hydrogen-bond acceptors (Lipinski definition) is 20. The first kappa shape index (κ1) is 96.0. The number of rotatable bonds is 18. The molecule has 12 rings (SSSR count). The highest BCUT2D eigenvalue weighted by molar-refractivity contribution is 7.93. The fourth-order valence-electron chi connectivity index (χ4n) is 11.0. The number of benzene rings is 6. The summed E-state index contributed by atoms with van der Waals surface area (Å²) in [5.74, 6) is -0.521. The van der Waals surface area contributed by atoms with Crippen molar-refractivity contribution in [2.24, 2.45) is 0 Å². The standard InChI is InChI=1S/C27H24Cl2F3N5O5S.C22H16Cl2F3N5O3S.C14H19N3O2.C13H6Cl3F3N2O3S/c1-5-36(23-17-8-6-7-9-21(17)37(34-23)25(39)42-26(2,3)4)24(38)22-20(12-15(28)14-33-22)35-43(40,41)16-10-11-19(29)18(13-16)27(30,31)32;1-2-32(20-14-5-3-4-6-17(14)29-30-20)21(33)19-18(9-12(23)11-28-19)31-36(34,35)13-7-8-16(24)15(10-13)22(25,26)27;1-5-15-12-10-8-6-7-9-11(10)17(16-12)13(18)19-14(2,3)4;14-6-3-10(11(12(16)22)20-5-6)21-25(23,24)7-1-2-9(15)8(4-7)13(17,18)19/h6-14,35H,5H2,1-4H3;3-11,31H,2H2,1H3,(H,29,30);6-9H,5H2,1-4H3,(H,15,16);1-5,21H. The molecule has 47 heteroatoms. The molecule has 0 fully saturated rings. The predicted octanol–water partition coefficient (Wildman–Crippen LogP) is 20.6. The van der Waals surface area contributed by atoms with Gasteiger partial charge in [0.2, 0.25) is 0 Å². The van der Waals surface area contributed by atoms with E-state index in [1.807, 2.05) is 56.7 Å². The Balaban J connectivity index is 0.000000194. The lowest BCUT2D eigenvalue weighted by Gasteiger charge is -2.21. The number of carbonyl (C=O) groups excluding carboxylic acids is 5. The molecule has 0 aliphatic heterocycles. The van der Waals surface area contributed by atoms with Crippen LogP contribution in [-0.2, 0) is 58.1 Å². The number of nitrogens with zero attached hydrogens (tertiary/aromatic N) is 10. The number of ether oxygens (including phenoxy) is 2. The molecule has 0 aliphatic rings. The van der Waals surface area contributed by atoms with Gasteiger partial charge in [-0.3, -0.25) is 43.4 Å². The zero-order chi connectivity index (χ0) is 91.2. The Kier molecular flexibility index (Phi) is 29.7. The van der Waals surface area contributed by atoms with E-state index in [0.717, 1.165) is 100 Å². The van der Waals surface area contributed by atoms with Crippen LogP contribution in [0.3, 0.4) is 0 Å². The average Bonchev–Trinajstić information content (AvgIpc) is 0.967. The number of hydrogen-bond donors (Lipinski definition) is 5. The highest BCUT2D eigenvalue weighted by Gasteiger charge is 2.39. The molecule has 0 unspecified atom stereocenters. The van der Waals surface area contributed by atoms with Gasteiger partial charge in [-0.05, 0) is 183 Å². The minimum absolute atomic E-state index is 0.00319. The number of amides is 2. The Morgan fingerprint density at radius 1 is 0.447 bits per heavy atom. The number of anilines is 6. The summed E-state index contributed by atoms with van der Waals surface area (Å²) in [6.07, 6.45) is -12.6. The third kappa shape index (κ3) is 23.6. The van der Waals surface area contributed by atoms with Crippen LogP contribution in [0.1, 0.15) is 110 Å². The van der Waals surface area contributed by atoms with Crippen molar-refractivity contribution in [2.75, 3.05) is 48.9 Å². The Hall–Kier alpha value is -10.8. The van der Waals surface area contributed by atoms with Crippen molar-refractivity contribution in [1.29, 1.82) is 0 Å². The third-order valence-corrected chi connectivity index (χ3v) is 22.1. The molecule has 123 heavy (non-hydrogen) atoms. The van der Waals surface area contributed by atoms with E-state index in [1.54, 1.807) is 83.1 Å². The zero-order valence-electron chi connectivity index (χ0n) is 64.8. The summed E-state index contributed by atoms with van der Waals surface area (Å²) in [5, 5.41) is 17.6. The largest absolute Gasteiger partial charge is 0.442 e. The molecule has 28 nitrogen and oxygen atoms in total. The second-order valence-corrected chi connectivity index (χ2v) is 35.3. The number of aromatic amines is 1. The summed E-state index contributed by atoms with van der Waals surface area (Å²) in [5.41, 5.74) is -5.96. The van der Waals surface area contributed by atoms with Crippen LogP contribution in [0.2, 0.25) is 30.1 Å². The second kappa shape index (κ2) is 38.1. The van der Waals surface area contributed by atoms with Gasteiger partial charge in [0, 0.05) is 54.4 Å². The van der Waals surface area contributed by atoms with Gasteiger partial charge in [0.25, 0.3) is 47.1 Å². The minimum Gasteiger partial charge on any atom is -0.442 e. The molecule has 0 bridgehead atoms. The molecule has 0 spiro atoms. The van der Waals surface area contributed by atoms with Crippen LogP contribution < -0.4 is 29.3 Å². The van der Waals surface area contributed by atoms with Crippen LogP contribution in [0.25, 0.3) is 32.7 Å². The normalized spacial score (nSPS) is 12.1. The van der Waals surface area contributed by atoms with Gasteiger partial charge in [0.05, 0.1) is 95.1 Å². The quantitative estimate of drug-likeness (QED) is 0.0393. The van der Waals surface area contributed by atoms with Gasteiger partial charge in [-0.25, -0.2) is 49.8 Å². The number of fused-ring (bicyclic) bond motifs is 3. The van der Waals surface area contributed by atoms with Crippen molar-refractivity contribution in [2.45, 2.75) is 107 Å². The smallest absolute Gasteiger partial charge is 0.435 e. The first-order valence-electron chi connectivity index (χ1n) is 35.3. The topological polar surface area (TPSA) is 364 Å². The SMILES string of the molecule is CCN(C(=O)c1ncc(Cl)cc1NS(=O)(=O)c1ccc(Cl)c(C(F)(F)F)c1)c1n[nH]c2ccccc12.CCN(C(=O)c1ncc(Cl)cc1NS(=O)(=O)c1ccc(Cl)c(C(F)(F)F)c1)c1nn(C(=O)OC(C)(C)C)c2ccccc12.CCNc1nn(C(=O)OC(C)(C)C)c2ccccc12.O=C(Cl)c1ncc(Cl)cc1NS(=O)(=O)c1ccc(Cl)c(C(F)(F)F)c1. The lowest BCUT2D eigenvalue weighted by Crippen LogP contribution is -2.33. The zero-order valence-corrected chi connectivity index (χ0v) is 72.5. The van der Waals surface area contributed by atoms with Gasteiger partial charge >= 0.3 is 30.7 Å². The molecular weight excluding hydrogens is 1850 g/mol. The number of carbonyl (C=O) groups is 5. The maximum absolute atomic E-state index is 13.9. The Morgan fingerprint density at radius 3 is 1.16 bits per heavy atom. The van der Waals surface area contributed by atoms with Gasteiger partial charge < -0.3 is 14.8 Å². The molecule has 2 amide bonds. The van der Waals surface area contributed by atoms with Crippen molar-refractivity contribution < 1.29 is 98.2 Å². The summed E-state index contributed by atoms with van der Waals surface area (Å²) in [4.78, 5) is 75.5. The monoisotopic (exact) mass is 1910 g/mol. The van der Waals surface area contributed by atoms with E-state index in [9.17, 15) is 88.7 Å². The van der Waals surface area contributed by atoms with Crippen molar-refractivity contribution in [3.63, 3.8) is 0 Å². The van der Waals surface area contributed by atoms with Crippen LogP contribution in [0.4, 0.5) is 83.6 Å². The van der Waals surface area contributed by atoms with Gasteiger partial charge in [0.15, 0.2) is 28.8 Å². The van der Waals surface area contributed by atoms with Crippen molar-refractivity contribution >= 4 is 208 Å². The maximum atomic E-state index is 13.9. The third-order valence-electron chi connectivity index (χ3n) is 16.3. The van der Waals surface area contributed by atoms with Crippen molar-refractivity contribution in [3.05, 3.63) is 228 Å². The van der Waals surface area contributed by atoms with E-state index in [4.69, 9.17) is 90.7 Å². The molecule has 0 saturated heterocycles. The molecule has 5 N–H and O–H groups in total. The van der Waals surface area contributed by atoms with Crippen LogP contribution in [-0.4, -0.2) is 130 Å². The van der Waals surface area contributed by atoms with E-state index in [0.29, 0.717) is 45.8 Å². The summed E-state index contributed by atoms with van der Waals surface area (Å²) in [6.45, 7) is 16.7. The summed E-state index contributed by atoms with van der Waals surface area (Å²) in [7, 11) is -13.8. The highest BCUT2D eigenvalue weighted by Crippen LogP contribution is 2.41. The van der Waals surface area contributed by atoms with E-state index in [1.165, 1.54) is 9.58 Å². The van der Waals surface area contributed by atoms with Gasteiger partial charge in [-0.2, -0.15) is 54.0 Å². The van der Waals surface area contributed by atoms with E-state index in [-0.39, 0.29) is 56.9 Å². The molecular formula is C76H65Cl7F9N15O13S3. The van der Waals surface area contributed by atoms with E-state index >= 15 is 0 Å². The van der Waals surface area contributed by atoms with Crippen LogP contribution in [0, 0.1) is 0 Å². The fourth-order valence-corrected chi connectivity index (χ4v) is 15.6. The number of nitrogens with one attached hydrogen (secondary N) is 5.